The molecular formula is C9H19NO. The molecule has 1 atom stereocenters. The van der Waals surface area contributed by atoms with Crippen LogP contribution >= 0.6 is 0 Å². The van der Waals surface area contributed by atoms with Gasteiger partial charge in [-0.15, -0.1) is 0 Å². The quantitative estimate of drug-likeness (QED) is 0.654. The molecule has 1 saturated heterocycles. The van der Waals surface area contributed by atoms with Gasteiger partial charge in [0.2, 0.25) is 0 Å². The van der Waals surface area contributed by atoms with Crippen LogP contribution in [-0.4, -0.2) is 25.8 Å². The molecule has 1 aliphatic heterocycles. The van der Waals surface area contributed by atoms with E-state index in [1.165, 1.54) is 12.8 Å². The normalized spacial score (nSPS) is 30.3. The standard InChI is InChI=1S/C9H19NO/c1-9(2)5-4-8(6-10-9)7-11-3/h8,10H,4-7H2,1-3H3. The van der Waals surface area contributed by atoms with Gasteiger partial charge in [0.15, 0.2) is 0 Å². The van der Waals surface area contributed by atoms with E-state index in [2.05, 4.69) is 19.2 Å². The third kappa shape index (κ3) is 2.80. The minimum Gasteiger partial charge on any atom is -0.384 e. The van der Waals surface area contributed by atoms with Gasteiger partial charge in [-0.1, -0.05) is 0 Å². The molecule has 1 heterocycles. The predicted molar refractivity (Wildman–Crippen MR) is 46.7 cm³/mol. The van der Waals surface area contributed by atoms with E-state index >= 15 is 0 Å². The molecule has 2 heteroatoms. The molecule has 0 bridgehead atoms. The number of hydrogen-bond acceptors (Lipinski definition) is 2. The van der Waals surface area contributed by atoms with Gasteiger partial charge in [-0.2, -0.15) is 0 Å². The lowest BCUT2D eigenvalue weighted by atomic mass is 9.87. The van der Waals surface area contributed by atoms with E-state index in [-0.39, 0.29) is 0 Å². The van der Waals surface area contributed by atoms with Crippen molar-refractivity contribution < 1.29 is 4.74 Å². The van der Waals surface area contributed by atoms with E-state index in [4.69, 9.17) is 4.74 Å². The smallest absolute Gasteiger partial charge is 0.0502 e. The maximum atomic E-state index is 5.11. The summed E-state index contributed by atoms with van der Waals surface area (Å²) in [6.45, 7) is 6.54. The molecule has 0 aromatic rings. The number of methoxy groups -OCH3 is 1. The Labute approximate surface area is 69.3 Å². The van der Waals surface area contributed by atoms with E-state index in [0.717, 1.165) is 19.1 Å². The fourth-order valence-corrected chi connectivity index (χ4v) is 1.55. The van der Waals surface area contributed by atoms with Crippen molar-refractivity contribution in [3.05, 3.63) is 0 Å². The van der Waals surface area contributed by atoms with Crippen LogP contribution in [0.25, 0.3) is 0 Å². The third-order valence-corrected chi connectivity index (χ3v) is 2.45. The average Bonchev–Trinajstić information content (AvgIpc) is 1.94. The molecule has 0 aromatic carbocycles. The molecule has 66 valence electrons. The van der Waals surface area contributed by atoms with Gasteiger partial charge in [0, 0.05) is 19.2 Å². The highest BCUT2D eigenvalue weighted by Gasteiger charge is 2.25. The molecule has 1 N–H and O–H groups in total. The van der Waals surface area contributed by atoms with Gasteiger partial charge in [0.1, 0.15) is 0 Å². The highest BCUT2D eigenvalue weighted by Crippen LogP contribution is 2.21. The first kappa shape index (κ1) is 9.01. The maximum Gasteiger partial charge on any atom is 0.0502 e. The van der Waals surface area contributed by atoms with Crippen LogP contribution in [0.1, 0.15) is 26.7 Å². The van der Waals surface area contributed by atoms with Crippen LogP contribution in [0, 0.1) is 5.92 Å². The largest absolute Gasteiger partial charge is 0.384 e. The molecule has 0 spiro atoms. The van der Waals surface area contributed by atoms with Crippen molar-refractivity contribution >= 4 is 0 Å². The summed E-state index contributed by atoms with van der Waals surface area (Å²) in [6, 6.07) is 0. The zero-order valence-corrected chi connectivity index (χ0v) is 7.81. The van der Waals surface area contributed by atoms with Crippen molar-refractivity contribution in [2.45, 2.75) is 32.2 Å². The van der Waals surface area contributed by atoms with Gasteiger partial charge in [-0.05, 0) is 32.6 Å². The molecule has 2 nitrogen and oxygen atoms in total. The van der Waals surface area contributed by atoms with Crippen LogP contribution in [0.4, 0.5) is 0 Å². The highest BCUT2D eigenvalue weighted by molar-refractivity contribution is 4.84. The monoisotopic (exact) mass is 157 g/mol. The number of piperidine rings is 1. The Morgan fingerprint density at radius 1 is 1.55 bits per heavy atom. The Bertz CT molecular complexity index is 113. The number of nitrogens with one attached hydrogen (secondary N) is 1. The Kier molecular flexibility index (Phi) is 2.90. The van der Waals surface area contributed by atoms with Crippen LogP contribution in [0.3, 0.4) is 0 Å². The van der Waals surface area contributed by atoms with Crippen molar-refractivity contribution in [2.24, 2.45) is 5.92 Å². The Morgan fingerprint density at radius 2 is 2.27 bits per heavy atom. The lowest BCUT2D eigenvalue weighted by Gasteiger charge is -2.35. The van der Waals surface area contributed by atoms with Gasteiger partial charge in [-0.25, -0.2) is 0 Å². The first-order valence-corrected chi connectivity index (χ1v) is 4.38. The average molecular weight is 157 g/mol. The molecule has 0 aromatic heterocycles. The molecule has 11 heavy (non-hydrogen) atoms. The summed E-state index contributed by atoms with van der Waals surface area (Å²) < 4.78 is 5.11. The van der Waals surface area contributed by atoms with Crippen molar-refractivity contribution in [3.8, 4) is 0 Å². The van der Waals surface area contributed by atoms with Gasteiger partial charge >= 0.3 is 0 Å². The minimum atomic E-state index is 0.351. The summed E-state index contributed by atoms with van der Waals surface area (Å²) in [5, 5.41) is 3.51. The number of ether oxygens (including phenoxy) is 1. The lowest BCUT2D eigenvalue weighted by molar-refractivity contribution is 0.116. The second kappa shape index (κ2) is 3.55. The molecule has 1 aliphatic rings. The fourth-order valence-electron chi connectivity index (χ4n) is 1.55. The predicted octanol–water partition coefficient (Wildman–Crippen LogP) is 1.41. The van der Waals surface area contributed by atoms with Gasteiger partial charge in [-0.3, -0.25) is 0 Å². The van der Waals surface area contributed by atoms with Crippen molar-refractivity contribution in [1.82, 2.24) is 5.32 Å². The lowest BCUT2D eigenvalue weighted by Crippen LogP contribution is -2.47. The first-order valence-electron chi connectivity index (χ1n) is 4.38. The Hall–Kier alpha value is -0.0800. The zero-order valence-electron chi connectivity index (χ0n) is 7.81. The van der Waals surface area contributed by atoms with E-state index in [0.29, 0.717) is 5.54 Å². The number of hydrogen-bond donors (Lipinski definition) is 1. The third-order valence-electron chi connectivity index (χ3n) is 2.45. The van der Waals surface area contributed by atoms with Crippen molar-refractivity contribution in [1.29, 1.82) is 0 Å². The minimum absolute atomic E-state index is 0.351. The summed E-state index contributed by atoms with van der Waals surface area (Å²) in [5.74, 6) is 0.730. The molecule has 0 saturated carbocycles. The number of rotatable bonds is 2. The van der Waals surface area contributed by atoms with E-state index < -0.39 is 0 Å². The molecule has 1 unspecified atom stereocenters. The summed E-state index contributed by atoms with van der Waals surface area (Å²) >= 11 is 0. The van der Waals surface area contributed by atoms with Gasteiger partial charge in [0.05, 0.1) is 6.61 Å². The molecule has 0 amide bonds. The van der Waals surface area contributed by atoms with Crippen LogP contribution < -0.4 is 5.32 Å². The molecule has 1 rings (SSSR count). The summed E-state index contributed by atoms with van der Waals surface area (Å²) in [4.78, 5) is 0. The first-order chi connectivity index (χ1) is 5.14. The summed E-state index contributed by atoms with van der Waals surface area (Å²) in [6.07, 6.45) is 2.56. The SMILES string of the molecule is COCC1CCC(C)(C)NC1. The Balaban J connectivity index is 2.25. The van der Waals surface area contributed by atoms with Crippen LogP contribution in [0.2, 0.25) is 0 Å². The van der Waals surface area contributed by atoms with Crippen molar-refractivity contribution in [3.63, 3.8) is 0 Å². The second-order valence-corrected chi connectivity index (χ2v) is 4.12. The topological polar surface area (TPSA) is 21.3 Å². The maximum absolute atomic E-state index is 5.11. The summed E-state index contributed by atoms with van der Waals surface area (Å²) in [5.41, 5.74) is 0.351. The Morgan fingerprint density at radius 3 is 2.73 bits per heavy atom. The van der Waals surface area contributed by atoms with Gasteiger partial charge in [0.25, 0.3) is 0 Å². The van der Waals surface area contributed by atoms with E-state index in [1.807, 2.05) is 0 Å². The van der Waals surface area contributed by atoms with Crippen molar-refractivity contribution in [2.75, 3.05) is 20.3 Å². The fraction of sp³-hybridized carbons (Fsp3) is 1.00. The molecule has 1 fully saturated rings. The van der Waals surface area contributed by atoms with Crippen LogP contribution in [-0.2, 0) is 4.74 Å². The second-order valence-electron chi connectivity index (χ2n) is 4.12. The van der Waals surface area contributed by atoms with Crippen LogP contribution in [0.5, 0.6) is 0 Å². The van der Waals surface area contributed by atoms with Gasteiger partial charge < -0.3 is 10.1 Å². The zero-order chi connectivity index (χ0) is 8.32. The molecule has 0 radical (unpaired) electrons. The summed E-state index contributed by atoms with van der Waals surface area (Å²) in [7, 11) is 1.78. The van der Waals surface area contributed by atoms with Crippen LogP contribution in [0.15, 0.2) is 0 Å². The molecular weight excluding hydrogens is 138 g/mol. The highest BCUT2D eigenvalue weighted by atomic mass is 16.5. The van der Waals surface area contributed by atoms with E-state index in [1.54, 1.807) is 7.11 Å². The molecule has 0 aliphatic carbocycles. The van der Waals surface area contributed by atoms with E-state index in [9.17, 15) is 0 Å².